The zero-order chi connectivity index (χ0) is 13.7. The van der Waals surface area contributed by atoms with Gasteiger partial charge in [0.25, 0.3) is 0 Å². The molecule has 0 fully saturated rings. The van der Waals surface area contributed by atoms with Crippen molar-refractivity contribution in [1.82, 2.24) is 0 Å². The molecule has 1 aromatic rings. The number of hydrogen-bond acceptors (Lipinski definition) is 3. The van der Waals surface area contributed by atoms with Crippen molar-refractivity contribution in [3.05, 3.63) is 28.2 Å². The predicted molar refractivity (Wildman–Crippen MR) is 81.1 cm³/mol. The van der Waals surface area contributed by atoms with Crippen molar-refractivity contribution in [3.63, 3.8) is 0 Å². The highest BCUT2D eigenvalue weighted by Crippen LogP contribution is 2.28. The lowest BCUT2D eigenvalue weighted by Crippen LogP contribution is -2.24. The van der Waals surface area contributed by atoms with E-state index in [1.165, 1.54) is 0 Å². The lowest BCUT2D eigenvalue weighted by Gasteiger charge is -2.22. The number of hydrogen-bond donors (Lipinski definition) is 1. The molecule has 0 saturated heterocycles. The minimum Gasteiger partial charge on any atom is -0.377 e. The predicted octanol–water partition coefficient (Wildman–Crippen LogP) is 3.33. The Morgan fingerprint density at radius 3 is 2.50 bits per heavy atom. The Kier molecular flexibility index (Phi) is 6.12. The van der Waals surface area contributed by atoms with E-state index in [2.05, 4.69) is 46.1 Å². The number of nitrogens with zero attached hydrogens (tertiary/aromatic N) is 1. The second-order valence-corrected chi connectivity index (χ2v) is 5.69. The number of ether oxygens (including phenoxy) is 1. The maximum atomic E-state index is 5.87. The molecule has 3 nitrogen and oxygen atoms in total. The van der Waals surface area contributed by atoms with E-state index in [1.807, 2.05) is 20.8 Å². The fraction of sp³-hybridized carbons (Fsp3) is 0.571. The van der Waals surface area contributed by atoms with Gasteiger partial charge in [-0.3, -0.25) is 0 Å². The van der Waals surface area contributed by atoms with Crippen LogP contribution in [0.25, 0.3) is 0 Å². The summed E-state index contributed by atoms with van der Waals surface area (Å²) >= 11 is 3.60. The van der Waals surface area contributed by atoms with Crippen LogP contribution in [-0.4, -0.2) is 26.3 Å². The summed E-state index contributed by atoms with van der Waals surface area (Å²) in [6, 6.07) is 6.31. The van der Waals surface area contributed by atoms with Crippen molar-refractivity contribution in [1.29, 1.82) is 0 Å². The largest absolute Gasteiger partial charge is 0.377 e. The number of halogens is 1. The first-order valence-electron chi connectivity index (χ1n) is 6.29. The molecular formula is C14H23BrN2O. The molecule has 2 N–H and O–H groups in total. The third kappa shape index (κ3) is 4.59. The summed E-state index contributed by atoms with van der Waals surface area (Å²) in [6.45, 7) is 7.69. The average molecular weight is 315 g/mol. The van der Waals surface area contributed by atoms with Gasteiger partial charge in [-0.15, -0.1) is 0 Å². The number of nitrogens with two attached hydrogens (primary N) is 1. The van der Waals surface area contributed by atoms with Crippen molar-refractivity contribution in [2.45, 2.75) is 32.9 Å². The molecule has 0 bridgehead atoms. The van der Waals surface area contributed by atoms with E-state index in [0.717, 1.165) is 28.9 Å². The van der Waals surface area contributed by atoms with Gasteiger partial charge in [-0.25, -0.2) is 0 Å². The van der Waals surface area contributed by atoms with Gasteiger partial charge in [0.15, 0.2) is 0 Å². The van der Waals surface area contributed by atoms with Crippen LogP contribution in [0.15, 0.2) is 22.7 Å². The van der Waals surface area contributed by atoms with Gasteiger partial charge in [-0.2, -0.15) is 0 Å². The summed E-state index contributed by atoms with van der Waals surface area (Å²) in [5.74, 6) is 0. The topological polar surface area (TPSA) is 38.5 Å². The summed E-state index contributed by atoms with van der Waals surface area (Å²) in [4.78, 5) is 2.18. The molecule has 1 aromatic carbocycles. The van der Waals surface area contributed by atoms with E-state index in [4.69, 9.17) is 10.5 Å². The fourth-order valence-electron chi connectivity index (χ4n) is 1.66. The van der Waals surface area contributed by atoms with Gasteiger partial charge < -0.3 is 15.4 Å². The third-order valence-electron chi connectivity index (χ3n) is 2.79. The summed E-state index contributed by atoms with van der Waals surface area (Å²) in [7, 11) is 2.06. The minimum absolute atomic E-state index is 0.0601. The second-order valence-electron chi connectivity index (χ2n) is 4.84. The smallest absolute Gasteiger partial charge is 0.0644 e. The fourth-order valence-corrected chi connectivity index (χ4v) is 2.36. The molecule has 0 amide bonds. The molecule has 0 saturated carbocycles. The summed E-state index contributed by atoms with van der Waals surface area (Å²) in [5, 5.41) is 0. The van der Waals surface area contributed by atoms with Gasteiger partial charge >= 0.3 is 0 Å². The SMILES string of the molecule is CC(C)OCCN(C)c1ccc([C@@H](C)N)cc1Br. The van der Waals surface area contributed by atoms with Crippen LogP contribution in [0.5, 0.6) is 0 Å². The molecule has 0 aliphatic carbocycles. The van der Waals surface area contributed by atoms with E-state index in [1.54, 1.807) is 0 Å². The van der Waals surface area contributed by atoms with Gasteiger partial charge in [0, 0.05) is 24.1 Å². The van der Waals surface area contributed by atoms with E-state index in [-0.39, 0.29) is 12.1 Å². The van der Waals surface area contributed by atoms with Crippen LogP contribution in [0.2, 0.25) is 0 Å². The quantitative estimate of drug-likeness (QED) is 0.875. The van der Waals surface area contributed by atoms with E-state index in [9.17, 15) is 0 Å². The van der Waals surface area contributed by atoms with Crippen molar-refractivity contribution in [2.24, 2.45) is 5.73 Å². The van der Waals surface area contributed by atoms with Crippen molar-refractivity contribution >= 4 is 21.6 Å². The zero-order valence-corrected chi connectivity index (χ0v) is 13.2. The van der Waals surface area contributed by atoms with Crippen LogP contribution in [0.4, 0.5) is 5.69 Å². The number of benzene rings is 1. The molecule has 18 heavy (non-hydrogen) atoms. The Bertz CT molecular complexity index is 380. The molecule has 0 unspecified atom stereocenters. The maximum absolute atomic E-state index is 5.87. The molecule has 4 heteroatoms. The summed E-state index contributed by atoms with van der Waals surface area (Å²) in [6.07, 6.45) is 0.280. The lowest BCUT2D eigenvalue weighted by molar-refractivity contribution is 0.0846. The van der Waals surface area contributed by atoms with E-state index >= 15 is 0 Å². The number of anilines is 1. The molecule has 0 aliphatic rings. The first-order chi connectivity index (χ1) is 8.41. The van der Waals surface area contributed by atoms with Crippen LogP contribution < -0.4 is 10.6 Å². The minimum atomic E-state index is 0.0601. The number of likely N-dealkylation sites (N-methyl/N-ethyl adjacent to an activating group) is 1. The molecular weight excluding hydrogens is 292 g/mol. The van der Waals surface area contributed by atoms with Crippen molar-refractivity contribution < 1.29 is 4.74 Å². The lowest BCUT2D eigenvalue weighted by atomic mass is 10.1. The summed E-state index contributed by atoms with van der Waals surface area (Å²) < 4.78 is 6.63. The van der Waals surface area contributed by atoms with Gasteiger partial charge in [0.2, 0.25) is 0 Å². The summed E-state index contributed by atoms with van der Waals surface area (Å²) in [5.41, 5.74) is 8.16. The highest BCUT2D eigenvalue weighted by Gasteiger charge is 2.08. The van der Waals surface area contributed by atoms with Gasteiger partial charge in [0.1, 0.15) is 0 Å². The van der Waals surface area contributed by atoms with Crippen LogP contribution in [0.1, 0.15) is 32.4 Å². The van der Waals surface area contributed by atoms with E-state index in [0.29, 0.717) is 0 Å². The van der Waals surface area contributed by atoms with E-state index < -0.39 is 0 Å². The van der Waals surface area contributed by atoms with Crippen molar-refractivity contribution in [2.75, 3.05) is 25.1 Å². The maximum Gasteiger partial charge on any atom is 0.0644 e. The van der Waals surface area contributed by atoms with Crippen LogP contribution in [-0.2, 0) is 4.74 Å². The molecule has 0 heterocycles. The Balaban J connectivity index is 2.65. The molecule has 0 radical (unpaired) electrons. The van der Waals surface area contributed by atoms with Crippen LogP contribution >= 0.6 is 15.9 Å². The molecule has 0 spiro atoms. The highest BCUT2D eigenvalue weighted by molar-refractivity contribution is 9.10. The monoisotopic (exact) mass is 314 g/mol. The molecule has 1 rings (SSSR count). The van der Waals surface area contributed by atoms with Gasteiger partial charge in [-0.1, -0.05) is 6.07 Å². The highest BCUT2D eigenvalue weighted by atomic mass is 79.9. The molecule has 102 valence electrons. The number of rotatable bonds is 6. The standard InChI is InChI=1S/C14H23BrN2O/c1-10(2)18-8-7-17(4)14-6-5-12(11(3)16)9-13(14)15/h5-6,9-11H,7-8,16H2,1-4H3/t11-/m1/s1. The van der Waals surface area contributed by atoms with Gasteiger partial charge in [0.05, 0.1) is 18.4 Å². The Morgan fingerprint density at radius 2 is 2.00 bits per heavy atom. The van der Waals surface area contributed by atoms with Gasteiger partial charge in [-0.05, 0) is 54.4 Å². The first kappa shape index (κ1) is 15.5. The first-order valence-corrected chi connectivity index (χ1v) is 7.09. The Hall–Kier alpha value is -0.580. The average Bonchev–Trinajstić information content (AvgIpc) is 2.27. The zero-order valence-electron chi connectivity index (χ0n) is 11.6. The Labute approximate surface area is 118 Å². The van der Waals surface area contributed by atoms with Crippen LogP contribution in [0.3, 0.4) is 0 Å². The molecule has 0 aromatic heterocycles. The third-order valence-corrected chi connectivity index (χ3v) is 3.42. The second kappa shape index (κ2) is 7.12. The van der Waals surface area contributed by atoms with Crippen LogP contribution in [0, 0.1) is 0 Å². The molecule has 0 aliphatic heterocycles. The Morgan fingerprint density at radius 1 is 1.33 bits per heavy atom. The molecule has 1 atom stereocenters. The normalized spacial score (nSPS) is 12.8. The van der Waals surface area contributed by atoms with Crippen molar-refractivity contribution in [3.8, 4) is 0 Å².